The molecule has 0 aromatic heterocycles. The van der Waals surface area contributed by atoms with Crippen LogP contribution in [0.15, 0.2) is 0 Å². The van der Waals surface area contributed by atoms with Gasteiger partial charge in [-0.25, -0.2) is 0 Å². The fourth-order valence-electron chi connectivity index (χ4n) is 1.08. The molecule has 0 aliphatic carbocycles. The summed E-state index contributed by atoms with van der Waals surface area (Å²) in [5.74, 6) is 0.211. The average molecular weight is 218 g/mol. The Balaban J connectivity index is 3.78. The molecule has 0 heterocycles. The first-order valence-corrected chi connectivity index (χ1v) is 5.18. The van der Waals surface area contributed by atoms with Gasteiger partial charge in [-0.3, -0.25) is 4.79 Å². The minimum atomic E-state index is -0.126. The number of amides is 1. The quantitative estimate of drug-likeness (QED) is 0.551. The van der Waals surface area contributed by atoms with E-state index in [1.165, 1.54) is 0 Å². The minimum absolute atomic E-state index is 0.0315. The molecule has 0 aromatic rings. The molecule has 0 aliphatic heterocycles. The van der Waals surface area contributed by atoms with Crippen molar-refractivity contribution in [1.29, 1.82) is 0 Å². The number of hydrogen-bond donors (Lipinski definition) is 2. The maximum Gasteiger partial charge on any atom is 0.246 e. The molecule has 0 saturated carbocycles. The normalized spacial score (nSPS) is 12.9. The van der Waals surface area contributed by atoms with Crippen molar-refractivity contribution in [3.63, 3.8) is 0 Å². The van der Waals surface area contributed by atoms with Crippen molar-refractivity contribution < 1.29 is 14.3 Å². The summed E-state index contributed by atoms with van der Waals surface area (Å²) >= 11 is 0. The number of nitrogens with two attached hydrogens (primary N) is 1. The van der Waals surface area contributed by atoms with E-state index in [0.717, 1.165) is 0 Å². The SMILES string of the molecule is COCC(NC(=O)COCCN)C(C)C. The summed E-state index contributed by atoms with van der Waals surface area (Å²) in [5, 5.41) is 2.85. The van der Waals surface area contributed by atoms with E-state index >= 15 is 0 Å². The Morgan fingerprint density at radius 3 is 2.60 bits per heavy atom. The van der Waals surface area contributed by atoms with E-state index in [1.54, 1.807) is 7.11 Å². The van der Waals surface area contributed by atoms with Gasteiger partial charge in [0.2, 0.25) is 5.91 Å². The van der Waals surface area contributed by atoms with Gasteiger partial charge < -0.3 is 20.5 Å². The first-order valence-electron chi connectivity index (χ1n) is 5.18. The zero-order chi connectivity index (χ0) is 11.7. The number of nitrogens with one attached hydrogen (secondary N) is 1. The summed E-state index contributed by atoms with van der Waals surface area (Å²) in [6, 6.07) is 0.0315. The molecular weight excluding hydrogens is 196 g/mol. The van der Waals surface area contributed by atoms with Gasteiger partial charge in [-0.05, 0) is 5.92 Å². The molecule has 3 N–H and O–H groups in total. The van der Waals surface area contributed by atoms with Crippen LogP contribution in [0.1, 0.15) is 13.8 Å². The van der Waals surface area contributed by atoms with Crippen molar-refractivity contribution in [3.05, 3.63) is 0 Å². The van der Waals surface area contributed by atoms with Crippen LogP contribution >= 0.6 is 0 Å². The summed E-state index contributed by atoms with van der Waals surface area (Å²) < 4.78 is 10.0. The lowest BCUT2D eigenvalue weighted by molar-refractivity contribution is -0.127. The molecule has 1 unspecified atom stereocenters. The van der Waals surface area contributed by atoms with Crippen LogP contribution in [0, 0.1) is 5.92 Å². The molecule has 5 heteroatoms. The van der Waals surface area contributed by atoms with E-state index in [2.05, 4.69) is 5.32 Å². The highest BCUT2D eigenvalue weighted by Gasteiger charge is 2.15. The lowest BCUT2D eigenvalue weighted by atomic mass is 10.1. The van der Waals surface area contributed by atoms with Crippen molar-refractivity contribution in [2.45, 2.75) is 19.9 Å². The van der Waals surface area contributed by atoms with Crippen LogP contribution in [0.5, 0.6) is 0 Å². The van der Waals surface area contributed by atoms with Crippen molar-refractivity contribution in [1.82, 2.24) is 5.32 Å². The third kappa shape index (κ3) is 7.30. The van der Waals surface area contributed by atoms with Gasteiger partial charge in [0.05, 0.1) is 19.3 Å². The van der Waals surface area contributed by atoms with Gasteiger partial charge in [0.1, 0.15) is 6.61 Å². The van der Waals surface area contributed by atoms with Crippen LogP contribution < -0.4 is 11.1 Å². The number of carbonyl (C=O) groups is 1. The second-order valence-electron chi connectivity index (χ2n) is 3.71. The molecule has 1 amide bonds. The van der Waals surface area contributed by atoms with Gasteiger partial charge >= 0.3 is 0 Å². The lowest BCUT2D eigenvalue weighted by Crippen LogP contribution is -2.43. The molecule has 0 aromatic carbocycles. The minimum Gasteiger partial charge on any atom is -0.383 e. The monoisotopic (exact) mass is 218 g/mol. The molecule has 90 valence electrons. The van der Waals surface area contributed by atoms with E-state index in [0.29, 0.717) is 25.7 Å². The highest BCUT2D eigenvalue weighted by Crippen LogP contribution is 2.01. The molecule has 0 spiro atoms. The predicted molar refractivity (Wildman–Crippen MR) is 58.5 cm³/mol. The molecular formula is C10H22N2O3. The Morgan fingerprint density at radius 1 is 1.47 bits per heavy atom. The molecule has 0 fully saturated rings. The molecule has 0 radical (unpaired) electrons. The van der Waals surface area contributed by atoms with Crippen molar-refractivity contribution >= 4 is 5.91 Å². The second-order valence-corrected chi connectivity index (χ2v) is 3.71. The summed E-state index contributed by atoms with van der Waals surface area (Å²) in [6.07, 6.45) is 0. The Hall–Kier alpha value is -0.650. The van der Waals surface area contributed by atoms with Crippen molar-refractivity contribution in [2.24, 2.45) is 11.7 Å². The largest absolute Gasteiger partial charge is 0.383 e. The molecule has 0 rings (SSSR count). The average Bonchev–Trinajstić information content (AvgIpc) is 2.17. The zero-order valence-electron chi connectivity index (χ0n) is 9.79. The number of hydrogen-bond acceptors (Lipinski definition) is 4. The van der Waals surface area contributed by atoms with E-state index < -0.39 is 0 Å². The highest BCUT2D eigenvalue weighted by atomic mass is 16.5. The summed E-state index contributed by atoms with van der Waals surface area (Å²) in [7, 11) is 1.62. The fourth-order valence-corrected chi connectivity index (χ4v) is 1.08. The Bertz CT molecular complexity index is 174. The first-order chi connectivity index (χ1) is 7.11. The van der Waals surface area contributed by atoms with Crippen molar-refractivity contribution in [2.75, 3.05) is 33.5 Å². The molecule has 5 nitrogen and oxygen atoms in total. The predicted octanol–water partition coefficient (Wildman–Crippen LogP) is -0.251. The third-order valence-corrected chi connectivity index (χ3v) is 1.99. The standard InChI is InChI=1S/C10H22N2O3/c1-8(2)9(6-14-3)12-10(13)7-15-5-4-11/h8-9H,4-7,11H2,1-3H3,(H,12,13). The molecule has 0 aliphatic rings. The number of ether oxygens (including phenoxy) is 2. The Morgan fingerprint density at radius 2 is 2.13 bits per heavy atom. The van der Waals surface area contributed by atoms with Crippen LogP contribution in [0.25, 0.3) is 0 Å². The maximum absolute atomic E-state index is 11.4. The van der Waals surface area contributed by atoms with Crippen LogP contribution in [0.3, 0.4) is 0 Å². The molecule has 0 saturated heterocycles. The molecule has 1 atom stereocenters. The maximum atomic E-state index is 11.4. The third-order valence-electron chi connectivity index (χ3n) is 1.99. The Labute approximate surface area is 91.3 Å². The summed E-state index contributed by atoms with van der Waals surface area (Å²) in [4.78, 5) is 11.4. The number of rotatable bonds is 8. The topological polar surface area (TPSA) is 73.6 Å². The van der Waals surface area contributed by atoms with E-state index in [4.69, 9.17) is 15.2 Å². The van der Waals surface area contributed by atoms with Crippen LogP contribution in [0.2, 0.25) is 0 Å². The van der Waals surface area contributed by atoms with E-state index in [9.17, 15) is 4.79 Å². The van der Waals surface area contributed by atoms with Crippen LogP contribution in [0.4, 0.5) is 0 Å². The van der Waals surface area contributed by atoms with Gasteiger partial charge in [-0.15, -0.1) is 0 Å². The smallest absolute Gasteiger partial charge is 0.246 e. The van der Waals surface area contributed by atoms with Crippen LogP contribution in [-0.4, -0.2) is 45.4 Å². The zero-order valence-corrected chi connectivity index (χ0v) is 9.79. The first kappa shape index (κ1) is 14.3. The molecule has 0 bridgehead atoms. The van der Waals surface area contributed by atoms with Gasteiger partial charge in [-0.1, -0.05) is 13.8 Å². The van der Waals surface area contributed by atoms with Crippen LogP contribution in [-0.2, 0) is 14.3 Å². The highest BCUT2D eigenvalue weighted by molar-refractivity contribution is 5.77. The van der Waals surface area contributed by atoms with Gasteiger partial charge in [0.25, 0.3) is 0 Å². The van der Waals surface area contributed by atoms with Crippen molar-refractivity contribution in [3.8, 4) is 0 Å². The lowest BCUT2D eigenvalue weighted by Gasteiger charge is -2.21. The Kier molecular flexibility index (Phi) is 8.27. The molecule has 15 heavy (non-hydrogen) atoms. The van der Waals surface area contributed by atoms with Gasteiger partial charge in [0, 0.05) is 13.7 Å². The number of carbonyl (C=O) groups excluding carboxylic acids is 1. The number of methoxy groups -OCH3 is 1. The van der Waals surface area contributed by atoms with E-state index in [-0.39, 0.29) is 18.6 Å². The van der Waals surface area contributed by atoms with E-state index in [1.807, 2.05) is 13.8 Å². The van der Waals surface area contributed by atoms with Gasteiger partial charge in [-0.2, -0.15) is 0 Å². The fraction of sp³-hybridized carbons (Fsp3) is 0.900. The van der Waals surface area contributed by atoms with Gasteiger partial charge in [0.15, 0.2) is 0 Å². The second kappa shape index (κ2) is 8.64. The summed E-state index contributed by atoms with van der Waals surface area (Å²) in [5.41, 5.74) is 5.24. The summed E-state index contributed by atoms with van der Waals surface area (Å²) in [6.45, 7) is 5.48.